The van der Waals surface area contributed by atoms with Gasteiger partial charge in [-0.05, 0) is 12.1 Å². The molecule has 1 heterocycles. The van der Waals surface area contributed by atoms with E-state index < -0.39 is 0 Å². The van der Waals surface area contributed by atoms with Crippen LogP contribution < -0.4 is 16.0 Å². The van der Waals surface area contributed by atoms with Crippen molar-refractivity contribution < 1.29 is 9.53 Å². The maximum Gasteiger partial charge on any atom is 0.239 e. The normalized spacial score (nSPS) is 10.0. The summed E-state index contributed by atoms with van der Waals surface area (Å²) in [5, 5.41) is 2.74. The Kier molecular flexibility index (Phi) is 6.17. The summed E-state index contributed by atoms with van der Waals surface area (Å²) in [6, 6.07) is 3.49. The molecule has 0 saturated carbocycles. The number of nitrogens with two attached hydrogens (primary N) is 1. The van der Waals surface area contributed by atoms with E-state index in [-0.39, 0.29) is 12.5 Å². The zero-order chi connectivity index (χ0) is 14.3. The van der Waals surface area contributed by atoms with Crippen molar-refractivity contribution in [3.05, 3.63) is 23.9 Å². The number of amides is 1. The van der Waals surface area contributed by atoms with Crippen LogP contribution in [0.4, 0.5) is 5.82 Å². The number of hydrogen-bond acceptors (Lipinski definition) is 5. The van der Waals surface area contributed by atoms with Crippen molar-refractivity contribution in [2.75, 3.05) is 38.8 Å². The summed E-state index contributed by atoms with van der Waals surface area (Å²) >= 11 is 4.90. The van der Waals surface area contributed by atoms with Crippen LogP contribution in [0.1, 0.15) is 5.56 Å². The third kappa shape index (κ3) is 5.19. The van der Waals surface area contributed by atoms with E-state index in [1.54, 1.807) is 37.4 Å². The van der Waals surface area contributed by atoms with E-state index >= 15 is 0 Å². The highest BCUT2D eigenvalue weighted by Gasteiger charge is 2.09. The van der Waals surface area contributed by atoms with Crippen molar-refractivity contribution in [3.63, 3.8) is 0 Å². The third-order valence-corrected chi connectivity index (χ3v) is 2.67. The smallest absolute Gasteiger partial charge is 0.239 e. The Hall–Kier alpha value is -1.73. The van der Waals surface area contributed by atoms with Gasteiger partial charge in [0.1, 0.15) is 10.8 Å². The molecule has 19 heavy (non-hydrogen) atoms. The molecule has 0 bridgehead atoms. The zero-order valence-corrected chi connectivity index (χ0v) is 11.9. The second-order valence-corrected chi connectivity index (χ2v) is 4.41. The molecular weight excluding hydrogens is 264 g/mol. The van der Waals surface area contributed by atoms with Crippen LogP contribution >= 0.6 is 12.2 Å². The molecule has 0 atom stereocenters. The van der Waals surface area contributed by atoms with Gasteiger partial charge in [-0.1, -0.05) is 12.2 Å². The number of rotatable bonds is 7. The molecule has 3 N–H and O–H groups in total. The predicted molar refractivity (Wildman–Crippen MR) is 78.3 cm³/mol. The Morgan fingerprint density at radius 3 is 3.00 bits per heavy atom. The highest BCUT2D eigenvalue weighted by Crippen LogP contribution is 2.10. The topological polar surface area (TPSA) is 80.5 Å². The van der Waals surface area contributed by atoms with E-state index in [0.717, 1.165) is 5.56 Å². The zero-order valence-electron chi connectivity index (χ0n) is 11.0. The number of pyridine rings is 1. The van der Waals surface area contributed by atoms with Crippen LogP contribution in [0, 0.1) is 0 Å². The van der Waals surface area contributed by atoms with Crippen LogP contribution in [0.2, 0.25) is 0 Å². The quantitative estimate of drug-likeness (QED) is 0.537. The van der Waals surface area contributed by atoms with Crippen LogP contribution in [0.15, 0.2) is 18.3 Å². The summed E-state index contributed by atoms with van der Waals surface area (Å²) in [5.41, 5.74) is 6.29. The maximum absolute atomic E-state index is 11.6. The molecule has 0 aliphatic heterocycles. The molecule has 0 saturated heterocycles. The molecule has 104 valence electrons. The first-order chi connectivity index (χ1) is 9.04. The Balaban J connectivity index is 2.57. The van der Waals surface area contributed by atoms with Gasteiger partial charge in [0.25, 0.3) is 0 Å². The molecular formula is C12H18N4O2S. The van der Waals surface area contributed by atoms with Crippen molar-refractivity contribution in [3.8, 4) is 0 Å². The minimum absolute atomic E-state index is 0.0953. The van der Waals surface area contributed by atoms with Gasteiger partial charge < -0.3 is 20.7 Å². The highest BCUT2D eigenvalue weighted by molar-refractivity contribution is 7.80. The average Bonchev–Trinajstić information content (AvgIpc) is 2.39. The molecule has 0 aromatic carbocycles. The molecule has 1 rings (SSSR count). The number of ether oxygens (including phenoxy) is 1. The van der Waals surface area contributed by atoms with Gasteiger partial charge in [0, 0.05) is 32.5 Å². The number of aromatic nitrogens is 1. The minimum atomic E-state index is -0.0953. The summed E-state index contributed by atoms with van der Waals surface area (Å²) < 4.78 is 4.86. The number of carbonyl (C=O) groups is 1. The summed E-state index contributed by atoms with van der Waals surface area (Å²) in [5.74, 6) is 0.550. The number of likely N-dealkylation sites (N-methyl/N-ethyl adjacent to an activating group) is 1. The molecule has 0 aliphatic carbocycles. The lowest BCUT2D eigenvalue weighted by Gasteiger charge is -2.18. The van der Waals surface area contributed by atoms with Crippen molar-refractivity contribution in [1.82, 2.24) is 10.3 Å². The van der Waals surface area contributed by atoms with Gasteiger partial charge >= 0.3 is 0 Å². The Labute approximate surface area is 117 Å². The molecule has 0 spiro atoms. The van der Waals surface area contributed by atoms with Gasteiger partial charge in [0.05, 0.1) is 13.2 Å². The van der Waals surface area contributed by atoms with E-state index in [4.69, 9.17) is 22.7 Å². The number of hydrogen-bond donors (Lipinski definition) is 2. The van der Waals surface area contributed by atoms with Crippen LogP contribution in [0.5, 0.6) is 0 Å². The molecule has 0 aliphatic rings. The SMILES string of the molecule is COCCNC(=O)CN(C)c1cc(C(N)=S)ccn1. The van der Waals surface area contributed by atoms with E-state index in [1.807, 2.05) is 0 Å². The fourth-order valence-electron chi connectivity index (χ4n) is 1.43. The van der Waals surface area contributed by atoms with E-state index in [9.17, 15) is 4.79 Å². The lowest BCUT2D eigenvalue weighted by atomic mass is 10.2. The lowest BCUT2D eigenvalue weighted by molar-refractivity contribution is -0.119. The second-order valence-electron chi connectivity index (χ2n) is 3.97. The summed E-state index contributed by atoms with van der Waals surface area (Å²) in [4.78, 5) is 17.8. The first-order valence-electron chi connectivity index (χ1n) is 5.77. The first kappa shape index (κ1) is 15.3. The Morgan fingerprint density at radius 2 is 2.37 bits per heavy atom. The molecule has 7 heteroatoms. The van der Waals surface area contributed by atoms with Gasteiger partial charge in [-0.2, -0.15) is 0 Å². The number of anilines is 1. The maximum atomic E-state index is 11.6. The molecule has 1 amide bonds. The van der Waals surface area contributed by atoms with Gasteiger partial charge in [-0.3, -0.25) is 4.79 Å². The van der Waals surface area contributed by atoms with Gasteiger partial charge in [-0.25, -0.2) is 4.98 Å². The van der Waals surface area contributed by atoms with Crippen LogP contribution in [0.3, 0.4) is 0 Å². The van der Waals surface area contributed by atoms with Crippen molar-refractivity contribution in [2.24, 2.45) is 5.73 Å². The van der Waals surface area contributed by atoms with E-state index in [2.05, 4.69) is 10.3 Å². The molecule has 6 nitrogen and oxygen atoms in total. The molecule has 1 aromatic rings. The van der Waals surface area contributed by atoms with Crippen molar-refractivity contribution >= 4 is 28.9 Å². The molecule has 0 unspecified atom stereocenters. The van der Waals surface area contributed by atoms with Crippen molar-refractivity contribution in [1.29, 1.82) is 0 Å². The average molecular weight is 282 g/mol. The summed E-state index contributed by atoms with van der Waals surface area (Å²) in [6.45, 7) is 1.19. The lowest BCUT2D eigenvalue weighted by Crippen LogP contribution is -2.37. The highest BCUT2D eigenvalue weighted by atomic mass is 32.1. The van der Waals surface area contributed by atoms with E-state index in [0.29, 0.717) is 24.0 Å². The summed E-state index contributed by atoms with van der Waals surface area (Å²) in [6.07, 6.45) is 1.61. The number of carbonyl (C=O) groups excluding carboxylic acids is 1. The largest absolute Gasteiger partial charge is 0.389 e. The third-order valence-electron chi connectivity index (χ3n) is 2.43. The standard InChI is InChI=1S/C12H18N4O2S/c1-16(8-11(17)15-5-6-18-2)10-7-9(12(13)19)3-4-14-10/h3-4,7H,5-6,8H2,1-2H3,(H2,13,19)(H,15,17). The number of methoxy groups -OCH3 is 1. The Bertz CT molecular complexity index is 453. The number of nitrogens with zero attached hydrogens (tertiary/aromatic N) is 2. The minimum Gasteiger partial charge on any atom is -0.389 e. The van der Waals surface area contributed by atoms with Gasteiger partial charge in [0.2, 0.25) is 5.91 Å². The summed E-state index contributed by atoms with van der Waals surface area (Å²) in [7, 11) is 3.37. The molecule has 1 aromatic heterocycles. The van der Waals surface area contributed by atoms with Crippen molar-refractivity contribution in [2.45, 2.75) is 0 Å². The monoisotopic (exact) mass is 282 g/mol. The van der Waals surface area contributed by atoms with Gasteiger partial charge in [-0.15, -0.1) is 0 Å². The second kappa shape index (κ2) is 7.65. The Morgan fingerprint density at radius 1 is 1.63 bits per heavy atom. The molecule has 0 fully saturated rings. The first-order valence-corrected chi connectivity index (χ1v) is 6.18. The van der Waals surface area contributed by atoms with Gasteiger partial charge in [0.15, 0.2) is 0 Å². The van der Waals surface area contributed by atoms with Crippen LogP contribution in [0.25, 0.3) is 0 Å². The molecule has 0 radical (unpaired) electrons. The predicted octanol–water partition coefficient (Wildman–Crippen LogP) is -0.0854. The number of nitrogens with one attached hydrogen (secondary N) is 1. The van der Waals surface area contributed by atoms with E-state index in [1.165, 1.54) is 0 Å². The van der Waals surface area contributed by atoms with Crippen LogP contribution in [-0.4, -0.2) is 49.7 Å². The fourth-order valence-corrected chi connectivity index (χ4v) is 1.55. The van der Waals surface area contributed by atoms with Crippen LogP contribution in [-0.2, 0) is 9.53 Å². The number of thiocarbonyl (C=S) groups is 1. The fraction of sp³-hybridized carbons (Fsp3) is 0.417.